The fourth-order valence-corrected chi connectivity index (χ4v) is 5.61. The zero-order chi connectivity index (χ0) is 21.2. The molecule has 8 rings (SSSR count). The number of carbonyl (C=O) groups is 1. The summed E-state index contributed by atoms with van der Waals surface area (Å²) in [5, 5.41) is 15.3. The number of amides is 1. The standard InChI is InChI=1S/2C11H9BrFNO.2CH4/c12-9-3-8-7(4-10(9)13)5-1-6(2-5)14-11(8)15;12-9-3-8-7(4-10(9)13)5-1-6(2-5)11(8)14-15;;/h3-6H,1-2H2,(H,14,15);3-6,15H,1-2H2;2*1H4/b;14-11+;;. The number of rotatable bonds is 0. The van der Waals surface area contributed by atoms with E-state index in [1.165, 1.54) is 6.07 Å². The summed E-state index contributed by atoms with van der Waals surface area (Å²) in [6.07, 6.45) is 3.88. The number of oxime groups is 1. The van der Waals surface area contributed by atoms with Crippen LogP contribution in [-0.4, -0.2) is 22.9 Å². The van der Waals surface area contributed by atoms with Gasteiger partial charge in [0.2, 0.25) is 0 Å². The number of nitrogens with one attached hydrogen (secondary N) is 1. The summed E-state index contributed by atoms with van der Waals surface area (Å²) >= 11 is 6.26. The van der Waals surface area contributed by atoms with E-state index in [4.69, 9.17) is 5.21 Å². The first-order chi connectivity index (χ1) is 14.4. The van der Waals surface area contributed by atoms with Crippen molar-refractivity contribution in [1.29, 1.82) is 0 Å². The van der Waals surface area contributed by atoms with Crippen LogP contribution in [0.5, 0.6) is 0 Å². The number of fused-ring (bicyclic) bond motifs is 1. The van der Waals surface area contributed by atoms with Crippen LogP contribution in [0.3, 0.4) is 0 Å². The van der Waals surface area contributed by atoms with Crippen molar-refractivity contribution in [3.05, 3.63) is 67.1 Å². The van der Waals surface area contributed by atoms with Crippen LogP contribution in [0.25, 0.3) is 0 Å². The van der Waals surface area contributed by atoms with E-state index in [2.05, 4.69) is 42.3 Å². The predicted octanol–water partition coefficient (Wildman–Crippen LogP) is 7.12. The molecule has 2 aliphatic heterocycles. The molecule has 172 valence electrons. The van der Waals surface area contributed by atoms with E-state index < -0.39 is 0 Å². The lowest BCUT2D eigenvalue weighted by molar-refractivity contribution is 0.0926. The Morgan fingerprint density at radius 2 is 1.34 bits per heavy atom. The third kappa shape index (κ3) is 4.00. The maximum absolute atomic E-state index is 13.4. The second kappa shape index (κ2) is 9.21. The first-order valence-corrected chi connectivity index (χ1v) is 11.4. The van der Waals surface area contributed by atoms with Crippen molar-refractivity contribution in [2.45, 2.75) is 58.4 Å². The van der Waals surface area contributed by atoms with Gasteiger partial charge in [-0.3, -0.25) is 4.79 Å². The van der Waals surface area contributed by atoms with Gasteiger partial charge in [0.15, 0.2) is 0 Å². The van der Waals surface area contributed by atoms with Gasteiger partial charge in [0, 0.05) is 23.1 Å². The summed E-state index contributed by atoms with van der Waals surface area (Å²) in [6.45, 7) is 0. The Balaban J connectivity index is 0.000000170. The Kier molecular flexibility index (Phi) is 7.15. The normalized spacial score (nSPS) is 26.9. The van der Waals surface area contributed by atoms with Crippen molar-refractivity contribution in [1.82, 2.24) is 5.32 Å². The summed E-state index contributed by atoms with van der Waals surface area (Å²) < 4.78 is 27.5. The van der Waals surface area contributed by atoms with Gasteiger partial charge in [-0.05, 0) is 105 Å². The van der Waals surface area contributed by atoms with Crippen LogP contribution in [0, 0.1) is 17.6 Å². The highest BCUT2D eigenvalue weighted by molar-refractivity contribution is 9.10. The lowest BCUT2D eigenvalue weighted by Crippen LogP contribution is -2.39. The molecule has 8 heteroatoms. The van der Waals surface area contributed by atoms with E-state index in [0.717, 1.165) is 42.4 Å². The Bertz CT molecular complexity index is 1090. The summed E-state index contributed by atoms with van der Waals surface area (Å²) in [5.41, 5.74) is 4.09. The van der Waals surface area contributed by atoms with Gasteiger partial charge in [0.25, 0.3) is 5.91 Å². The second-order valence-electron chi connectivity index (χ2n) is 8.40. The Morgan fingerprint density at radius 3 is 1.91 bits per heavy atom. The summed E-state index contributed by atoms with van der Waals surface area (Å²) in [4.78, 5) is 11.8. The van der Waals surface area contributed by atoms with Gasteiger partial charge in [-0.1, -0.05) is 20.0 Å². The minimum Gasteiger partial charge on any atom is -0.411 e. The highest BCUT2D eigenvalue weighted by Crippen LogP contribution is 2.50. The summed E-state index contributed by atoms with van der Waals surface area (Å²) in [6, 6.07) is 6.64. The average molecular weight is 572 g/mol. The maximum atomic E-state index is 13.4. The largest absolute Gasteiger partial charge is 0.411 e. The van der Waals surface area contributed by atoms with E-state index in [-0.39, 0.29) is 38.4 Å². The molecule has 1 amide bonds. The molecule has 32 heavy (non-hydrogen) atoms. The number of hydrogen-bond donors (Lipinski definition) is 2. The molecular weight excluding hydrogens is 546 g/mol. The fraction of sp³-hybridized carbons (Fsp3) is 0.417. The maximum Gasteiger partial charge on any atom is 0.251 e. The van der Waals surface area contributed by atoms with Crippen molar-refractivity contribution < 1.29 is 18.8 Å². The highest BCUT2D eigenvalue weighted by atomic mass is 79.9. The van der Waals surface area contributed by atoms with Gasteiger partial charge < -0.3 is 10.5 Å². The molecule has 2 aromatic rings. The smallest absolute Gasteiger partial charge is 0.251 e. The number of benzene rings is 2. The molecule has 2 saturated carbocycles. The molecular formula is C24H26Br2F2N2O2. The molecule has 2 fully saturated rings. The lowest BCUT2D eigenvalue weighted by Gasteiger charge is -2.42. The number of halogens is 4. The minimum atomic E-state index is -0.285. The van der Waals surface area contributed by atoms with E-state index in [1.54, 1.807) is 18.2 Å². The van der Waals surface area contributed by atoms with Crippen molar-refractivity contribution in [3.63, 3.8) is 0 Å². The SMILES string of the molecule is C.C.O/N=C1/c2cc(Br)c(F)cc2C2CC1C2.O=C1NC2CC(C2)c2cc(F)c(Br)cc21. The zero-order valence-electron chi connectivity index (χ0n) is 15.8. The predicted molar refractivity (Wildman–Crippen MR) is 129 cm³/mol. The third-order valence-corrected chi connectivity index (χ3v) is 7.91. The van der Waals surface area contributed by atoms with Gasteiger partial charge in [-0.15, -0.1) is 0 Å². The van der Waals surface area contributed by atoms with E-state index in [9.17, 15) is 13.6 Å². The first kappa shape index (κ1) is 24.8. The molecule has 2 N–H and O–H groups in total. The third-order valence-electron chi connectivity index (χ3n) is 6.69. The molecule has 4 nitrogen and oxygen atoms in total. The molecule has 0 atom stereocenters. The van der Waals surface area contributed by atoms with Crippen LogP contribution in [0.4, 0.5) is 8.78 Å². The van der Waals surface area contributed by atoms with E-state index >= 15 is 0 Å². The molecule has 2 heterocycles. The van der Waals surface area contributed by atoms with Gasteiger partial charge in [-0.2, -0.15) is 0 Å². The van der Waals surface area contributed by atoms with Gasteiger partial charge in [0.05, 0.1) is 14.7 Å². The number of carbonyl (C=O) groups excluding carboxylic acids is 1. The number of nitrogens with zero attached hydrogens (tertiary/aromatic N) is 1. The molecule has 0 aromatic heterocycles. The second-order valence-corrected chi connectivity index (χ2v) is 10.1. The van der Waals surface area contributed by atoms with Crippen molar-refractivity contribution >= 4 is 43.5 Å². The fourth-order valence-electron chi connectivity index (χ4n) is 4.92. The van der Waals surface area contributed by atoms with Gasteiger partial charge in [-0.25, -0.2) is 8.78 Å². The lowest BCUT2D eigenvalue weighted by atomic mass is 9.61. The molecule has 4 aliphatic carbocycles. The van der Waals surface area contributed by atoms with E-state index in [0.29, 0.717) is 38.0 Å². The monoisotopic (exact) mass is 570 g/mol. The highest BCUT2D eigenvalue weighted by Gasteiger charge is 2.42. The molecule has 0 radical (unpaired) electrons. The molecule has 0 unspecified atom stereocenters. The van der Waals surface area contributed by atoms with Crippen molar-refractivity contribution in [2.24, 2.45) is 11.1 Å². The quantitative estimate of drug-likeness (QED) is 0.261. The summed E-state index contributed by atoms with van der Waals surface area (Å²) in [7, 11) is 0. The molecule has 0 saturated heterocycles. The van der Waals surface area contributed by atoms with Gasteiger partial charge in [0.1, 0.15) is 11.6 Å². The van der Waals surface area contributed by atoms with Gasteiger partial charge >= 0.3 is 0 Å². The van der Waals surface area contributed by atoms with Crippen molar-refractivity contribution in [3.8, 4) is 0 Å². The topological polar surface area (TPSA) is 61.7 Å². The van der Waals surface area contributed by atoms with Crippen LogP contribution < -0.4 is 5.32 Å². The van der Waals surface area contributed by atoms with Crippen LogP contribution in [0.15, 0.2) is 38.4 Å². The summed E-state index contributed by atoms with van der Waals surface area (Å²) in [5.74, 6) is 0.577. The first-order valence-electron chi connectivity index (χ1n) is 9.86. The zero-order valence-corrected chi connectivity index (χ0v) is 18.9. The molecule has 6 aliphatic rings. The Labute approximate surface area is 203 Å². The van der Waals surface area contributed by atoms with Crippen LogP contribution in [0.2, 0.25) is 0 Å². The van der Waals surface area contributed by atoms with Crippen LogP contribution in [-0.2, 0) is 0 Å². The molecule has 0 spiro atoms. The van der Waals surface area contributed by atoms with Crippen molar-refractivity contribution in [2.75, 3.05) is 0 Å². The van der Waals surface area contributed by atoms with E-state index in [1.807, 2.05) is 0 Å². The number of hydrogen-bond acceptors (Lipinski definition) is 3. The Hall–Kier alpha value is -1.80. The molecule has 4 bridgehead atoms. The van der Waals surface area contributed by atoms with Crippen LogP contribution >= 0.6 is 31.9 Å². The average Bonchev–Trinajstić information content (AvgIpc) is 2.86. The Morgan fingerprint density at radius 1 is 0.844 bits per heavy atom. The molecule has 2 aromatic carbocycles. The minimum absolute atomic E-state index is 0. The van der Waals surface area contributed by atoms with Crippen LogP contribution in [0.1, 0.15) is 79.4 Å².